The van der Waals surface area contributed by atoms with E-state index in [1.807, 2.05) is 23.6 Å². The summed E-state index contributed by atoms with van der Waals surface area (Å²) < 4.78 is 14.7. The van der Waals surface area contributed by atoms with E-state index in [1.54, 1.807) is 34.2 Å². The number of rotatable bonds is 2. The largest absolute Gasteiger partial charge is 0.253 e. The van der Waals surface area contributed by atoms with Crippen LogP contribution in [0.25, 0.3) is 27.7 Å². The van der Waals surface area contributed by atoms with Crippen molar-refractivity contribution in [1.82, 2.24) is 19.6 Å². The van der Waals surface area contributed by atoms with E-state index in [0.29, 0.717) is 11.6 Å². The van der Waals surface area contributed by atoms with E-state index in [0.717, 1.165) is 16.1 Å². The average molecular weight is 296 g/mol. The number of nitrogens with zero attached hydrogens (tertiary/aromatic N) is 4. The van der Waals surface area contributed by atoms with Crippen LogP contribution in [0.1, 0.15) is 0 Å². The van der Waals surface area contributed by atoms with Gasteiger partial charge in [0.1, 0.15) is 5.82 Å². The highest BCUT2D eigenvalue weighted by atomic mass is 32.1. The third-order valence-electron chi connectivity index (χ3n) is 3.12. The molecule has 0 saturated carbocycles. The number of fused-ring (bicyclic) bond motifs is 1. The highest BCUT2D eigenvalue weighted by Crippen LogP contribution is 2.24. The molecule has 21 heavy (non-hydrogen) atoms. The van der Waals surface area contributed by atoms with Gasteiger partial charge < -0.3 is 0 Å². The lowest BCUT2D eigenvalue weighted by atomic mass is 10.1. The number of thiophene rings is 1. The van der Waals surface area contributed by atoms with Gasteiger partial charge in [0, 0.05) is 11.8 Å². The lowest BCUT2D eigenvalue weighted by Crippen LogP contribution is -1.95. The van der Waals surface area contributed by atoms with E-state index in [9.17, 15) is 4.39 Å². The molecule has 0 N–H and O–H groups in total. The van der Waals surface area contributed by atoms with Crippen LogP contribution in [-0.4, -0.2) is 19.6 Å². The van der Waals surface area contributed by atoms with Gasteiger partial charge in [-0.3, -0.25) is 0 Å². The number of hydrogen-bond acceptors (Lipinski definition) is 4. The number of halogens is 1. The lowest BCUT2D eigenvalue weighted by molar-refractivity contribution is 0.628. The molecule has 4 rings (SSSR count). The van der Waals surface area contributed by atoms with Gasteiger partial charge in [-0.1, -0.05) is 6.07 Å². The van der Waals surface area contributed by atoms with Gasteiger partial charge in [0.05, 0.1) is 10.6 Å². The molecule has 102 valence electrons. The maximum absolute atomic E-state index is 13.1. The Bertz CT molecular complexity index is 897. The summed E-state index contributed by atoms with van der Waals surface area (Å²) in [6.45, 7) is 0. The predicted molar refractivity (Wildman–Crippen MR) is 79.5 cm³/mol. The molecule has 1 aromatic carbocycles. The second kappa shape index (κ2) is 4.75. The molecule has 0 amide bonds. The van der Waals surface area contributed by atoms with Crippen LogP contribution < -0.4 is 0 Å². The molecule has 0 spiro atoms. The molecule has 0 bridgehead atoms. The second-order valence-corrected chi connectivity index (χ2v) is 5.41. The van der Waals surface area contributed by atoms with Gasteiger partial charge in [-0.05, 0) is 41.8 Å². The van der Waals surface area contributed by atoms with Crippen LogP contribution in [0.15, 0.2) is 54.0 Å². The van der Waals surface area contributed by atoms with E-state index >= 15 is 0 Å². The smallest absolute Gasteiger partial charge is 0.220 e. The van der Waals surface area contributed by atoms with Crippen molar-refractivity contribution in [3.05, 3.63) is 59.9 Å². The van der Waals surface area contributed by atoms with Crippen molar-refractivity contribution in [1.29, 1.82) is 0 Å². The van der Waals surface area contributed by atoms with Crippen molar-refractivity contribution < 1.29 is 4.39 Å². The van der Waals surface area contributed by atoms with Crippen molar-refractivity contribution in [3.63, 3.8) is 0 Å². The fraction of sp³-hybridized carbons (Fsp3) is 0. The first-order valence-corrected chi connectivity index (χ1v) is 7.21. The molecule has 0 atom stereocenters. The molecule has 0 saturated heterocycles. The summed E-state index contributed by atoms with van der Waals surface area (Å²) in [6, 6.07) is 12.1. The van der Waals surface area contributed by atoms with E-state index in [1.165, 1.54) is 12.1 Å². The average Bonchev–Trinajstić information content (AvgIpc) is 3.16. The van der Waals surface area contributed by atoms with Crippen LogP contribution >= 0.6 is 11.3 Å². The van der Waals surface area contributed by atoms with Crippen molar-refractivity contribution in [2.24, 2.45) is 0 Å². The van der Waals surface area contributed by atoms with E-state index in [2.05, 4.69) is 15.1 Å². The molecule has 6 heteroatoms. The Labute approximate surface area is 123 Å². The Hall–Kier alpha value is -2.60. The fourth-order valence-corrected chi connectivity index (χ4v) is 2.80. The molecule has 4 nitrogen and oxygen atoms in total. The standard InChI is InChI=1S/C15H9FN4S/c16-11-5-3-10(4-6-11)12-7-8-17-15-18-14(19-20(12)15)13-2-1-9-21-13/h1-9H. The van der Waals surface area contributed by atoms with E-state index in [-0.39, 0.29) is 5.82 Å². The topological polar surface area (TPSA) is 43.1 Å². The highest BCUT2D eigenvalue weighted by Gasteiger charge is 2.11. The maximum atomic E-state index is 13.1. The Morgan fingerprint density at radius 2 is 1.90 bits per heavy atom. The molecule has 0 aliphatic carbocycles. The third kappa shape index (κ3) is 2.09. The van der Waals surface area contributed by atoms with Gasteiger partial charge in [0.25, 0.3) is 5.78 Å². The van der Waals surface area contributed by atoms with Crippen molar-refractivity contribution >= 4 is 17.1 Å². The molecule has 0 aliphatic heterocycles. The van der Waals surface area contributed by atoms with Gasteiger partial charge >= 0.3 is 0 Å². The summed E-state index contributed by atoms with van der Waals surface area (Å²) in [5, 5.41) is 6.50. The minimum Gasteiger partial charge on any atom is -0.220 e. The van der Waals surface area contributed by atoms with Gasteiger partial charge in [-0.25, -0.2) is 9.37 Å². The zero-order valence-electron chi connectivity index (χ0n) is 10.8. The Morgan fingerprint density at radius 3 is 2.67 bits per heavy atom. The van der Waals surface area contributed by atoms with Gasteiger partial charge in [0.15, 0.2) is 5.82 Å². The molecule has 4 aromatic rings. The van der Waals surface area contributed by atoms with Crippen LogP contribution in [0.4, 0.5) is 4.39 Å². The first-order chi connectivity index (χ1) is 10.3. The molecular formula is C15H9FN4S. The minimum absolute atomic E-state index is 0.262. The highest BCUT2D eigenvalue weighted by molar-refractivity contribution is 7.13. The van der Waals surface area contributed by atoms with Crippen molar-refractivity contribution in [3.8, 4) is 22.0 Å². The van der Waals surface area contributed by atoms with Crippen LogP contribution in [-0.2, 0) is 0 Å². The normalized spacial score (nSPS) is 11.1. The Kier molecular flexibility index (Phi) is 2.75. The molecule has 0 radical (unpaired) electrons. The van der Waals surface area contributed by atoms with Gasteiger partial charge in [-0.15, -0.1) is 16.4 Å². The van der Waals surface area contributed by atoms with Crippen LogP contribution in [0.2, 0.25) is 0 Å². The maximum Gasteiger partial charge on any atom is 0.253 e. The quantitative estimate of drug-likeness (QED) is 0.567. The SMILES string of the molecule is Fc1ccc(-c2ccnc3nc(-c4cccs4)nn23)cc1. The lowest BCUT2D eigenvalue weighted by Gasteiger charge is -2.03. The zero-order chi connectivity index (χ0) is 14.2. The summed E-state index contributed by atoms with van der Waals surface area (Å²) in [5.41, 5.74) is 1.70. The minimum atomic E-state index is -0.262. The van der Waals surface area contributed by atoms with Crippen molar-refractivity contribution in [2.45, 2.75) is 0 Å². The summed E-state index contributed by atoms with van der Waals surface area (Å²) in [6.07, 6.45) is 1.68. The molecule has 0 unspecified atom stereocenters. The summed E-state index contributed by atoms with van der Waals surface area (Å²) >= 11 is 1.58. The Balaban J connectivity index is 1.92. The van der Waals surface area contributed by atoms with Gasteiger partial charge in [-0.2, -0.15) is 9.50 Å². The predicted octanol–water partition coefficient (Wildman–Crippen LogP) is 3.66. The number of aromatic nitrogens is 4. The van der Waals surface area contributed by atoms with Crippen LogP contribution in [0.3, 0.4) is 0 Å². The molecule has 3 aromatic heterocycles. The fourth-order valence-electron chi connectivity index (χ4n) is 2.14. The third-order valence-corrected chi connectivity index (χ3v) is 3.99. The van der Waals surface area contributed by atoms with Crippen molar-refractivity contribution in [2.75, 3.05) is 0 Å². The first kappa shape index (κ1) is 12.2. The van der Waals surface area contributed by atoms with Crippen LogP contribution in [0, 0.1) is 5.82 Å². The number of benzene rings is 1. The molecule has 0 fully saturated rings. The first-order valence-electron chi connectivity index (χ1n) is 6.33. The molecule has 3 heterocycles. The van der Waals surface area contributed by atoms with Crippen LogP contribution in [0.5, 0.6) is 0 Å². The molecule has 0 aliphatic rings. The summed E-state index contributed by atoms with van der Waals surface area (Å²) in [4.78, 5) is 9.66. The summed E-state index contributed by atoms with van der Waals surface area (Å²) in [5.74, 6) is 0.911. The van der Waals surface area contributed by atoms with E-state index < -0.39 is 0 Å². The zero-order valence-corrected chi connectivity index (χ0v) is 11.6. The van der Waals surface area contributed by atoms with Gasteiger partial charge in [0.2, 0.25) is 0 Å². The molecular weight excluding hydrogens is 287 g/mol. The summed E-state index contributed by atoms with van der Waals surface area (Å²) in [7, 11) is 0. The second-order valence-electron chi connectivity index (χ2n) is 4.46. The number of hydrogen-bond donors (Lipinski definition) is 0. The monoisotopic (exact) mass is 296 g/mol. The van der Waals surface area contributed by atoms with E-state index in [4.69, 9.17) is 0 Å². The Morgan fingerprint density at radius 1 is 1.05 bits per heavy atom.